The van der Waals surface area contributed by atoms with E-state index in [9.17, 15) is 0 Å². The van der Waals surface area contributed by atoms with Gasteiger partial charge in [-0.05, 0) is 26.6 Å². The molecule has 1 N–H and O–H groups in total. The number of benzene rings is 1. The van der Waals surface area contributed by atoms with Crippen LogP contribution in [0.25, 0.3) is 6.08 Å². The van der Waals surface area contributed by atoms with Gasteiger partial charge < -0.3 is 15.1 Å². The van der Waals surface area contributed by atoms with E-state index >= 15 is 0 Å². The summed E-state index contributed by atoms with van der Waals surface area (Å²) in [6, 6.07) is 11.0. The van der Waals surface area contributed by atoms with E-state index in [1.807, 2.05) is 0 Å². The van der Waals surface area contributed by atoms with Crippen molar-refractivity contribution in [3.05, 3.63) is 42.0 Å². The Bertz CT molecular complexity index is 657. The quantitative estimate of drug-likeness (QED) is 0.350. The molecule has 2 aliphatic heterocycles. The number of guanidine groups is 1. The average molecular weight is 527 g/mol. The molecule has 6 nitrogen and oxygen atoms in total. The maximum absolute atomic E-state index is 5.00. The summed E-state index contributed by atoms with van der Waals surface area (Å²) in [5.74, 6) is 1.08. The van der Waals surface area contributed by atoms with Crippen LogP contribution in [0.2, 0.25) is 0 Å². The van der Waals surface area contributed by atoms with E-state index < -0.39 is 0 Å². The third-order valence-corrected chi connectivity index (χ3v) is 5.91. The molecule has 0 amide bonds. The van der Waals surface area contributed by atoms with Crippen LogP contribution in [0.3, 0.4) is 0 Å². The first-order chi connectivity index (χ1) is 14.2. The van der Waals surface area contributed by atoms with Gasteiger partial charge >= 0.3 is 0 Å². The number of halogens is 1. The number of rotatable bonds is 6. The lowest BCUT2D eigenvalue weighted by atomic mass is 10.2. The topological polar surface area (TPSA) is 37.4 Å². The van der Waals surface area contributed by atoms with Crippen molar-refractivity contribution in [1.82, 2.24) is 24.9 Å². The summed E-state index contributed by atoms with van der Waals surface area (Å²) in [5.41, 5.74) is 1.27. The molecule has 2 fully saturated rings. The number of nitrogens with one attached hydrogen (secondary N) is 1. The molecule has 0 radical (unpaired) electrons. The van der Waals surface area contributed by atoms with Crippen molar-refractivity contribution in [1.29, 1.82) is 0 Å². The minimum atomic E-state index is 0. The highest BCUT2D eigenvalue weighted by molar-refractivity contribution is 14.0. The number of hydrogen-bond donors (Lipinski definition) is 1. The molecule has 0 aromatic heterocycles. The van der Waals surface area contributed by atoms with Crippen molar-refractivity contribution >= 4 is 36.0 Å². The Balaban J connectivity index is 0.00000320. The van der Waals surface area contributed by atoms with E-state index in [1.54, 1.807) is 0 Å². The molecule has 1 unspecified atom stereocenters. The zero-order chi connectivity index (χ0) is 20.5. The Labute approximate surface area is 200 Å². The standard InChI is InChI=1S/C23H38N6.HI/c1-4-24-23(25-19-22-20-26(2)13-14-27(22)3)29-17-15-28(16-18-29)12-8-11-21-9-6-5-7-10-21;/h5-11,22H,4,12-20H2,1-3H3,(H,24,25);1H/b11-8+;. The van der Waals surface area contributed by atoms with Gasteiger partial charge in [0.25, 0.3) is 0 Å². The maximum Gasteiger partial charge on any atom is 0.194 e. The van der Waals surface area contributed by atoms with E-state index in [0.717, 1.165) is 71.4 Å². The average Bonchev–Trinajstić information content (AvgIpc) is 2.75. The van der Waals surface area contributed by atoms with Gasteiger partial charge in [-0.2, -0.15) is 0 Å². The van der Waals surface area contributed by atoms with Crippen LogP contribution in [0, 0.1) is 0 Å². The van der Waals surface area contributed by atoms with Crippen LogP contribution in [0.15, 0.2) is 41.4 Å². The zero-order valence-electron chi connectivity index (χ0n) is 18.8. The third kappa shape index (κ3) is 7.83. The van der Waals surface area contributed by atoms with Gasteiger partial charge in [0.2, 0.25) is 0 Å². The predicted molar refractivity (Wildman–Crippen MR) is 139 cm³/mol. The normalized spacial score (nSPS) is 22.3. The van der Waals surface area contributed by atoms with Crippen molar-refractivity contribution in [2.75, 3.05) is 79.5 Å². The molecule has 1 atom stereocenters. The minimum absolute atomic E-state index is 0. The van der Waals surface area contributed by atoms with Crippen molar-refractivity contribution in [3.63, 3.8) is 0 Å². The van der Waals surface area contributed by atoms with Crippen LogP contribution < -0.4 is 5.32 Å². The van der Waals surface area contributed by atoms with Gasteiger partial charge in [0, 0.05) is 64.9 Å². The fraction of sp³-hybridized carbons (Fsp3) is 0.609. The Morgan fingerprint density at radius 3 is 2.50 bits per heavy atom. The van der Waals surface area contributed by atoms with Gasteiger partial charge in [-0.15, -0.1) is 24.0 Å². The van der Waals surface area contributed by atoms with E-state index in [1.165, 1.54) is 5.56 Å². The number of likely N-dealkylation sites (N-methyl/N-ethyl adjacent to an activating group) is 2. The molecule has 30 heavy (non-hydrogen) atoms. The van der Waals surface area contributed by atoms with Gasteiger partial charge in [-0.3, -0.25) is 14.8 Å². The highest BCUT2D eigenvalue weighted by atomic mass is 127. The molecule has 3 rings (SSSR count). The second kappa shape index (κ2) is 13.3. The molecule has 0 aliphatic carbocycles. The summed E-state index contributed by atoms with van der Waals surface area (Å²) in [6.45, 7) is 12.5. The first-order valence-electron chi connectivity index (χ1n) is 11.0. The van der Waals surface area contributed by atoms with Crippen LogP contribution >= 0.6 is 24.0 Å². The Kier molecular flexibility index (Phi) is 11.1. The highest BCUT2D eigenvalue weighted by Gasteiger charge is 2.23. The Morgan fingerprint density at radius 1 is 1.07 bits per heavy atom. The Hall–Kier alpha value is -1.16. The van der Waals surface area contributed by atoms with Gasteiger partial charge in [0.05, 0.1) is 6.54 Å². The van der Waals surface area contributed by atoms with Crippen molar-refractivity contribution in [2.24, 2.45) is 4.99 Å². The summed E-state index contributed by atoms with van der Waals surface area (Å²) in [7, 11) is 4.43. The first kappa shape index (κ1) is 25.1. The summed E-state index contributed by atoms with van der Waals surface area (Å²) in [5, 5.41) is 3.51. The zero-order valence-corrected chi connectivity index (χ0v) is 21.2. The number of hydrogen-bond acceptors (Lipinski definition) is 4. The lowest BCUT2D eigenvalue weighted by Crippen LogP contribution is -2.54. The van der Waals surface area contributed by atoms with Crippen molar-refractivity contribution in [2.45, 2.75) is 13.0 Å². The fourth-order valence-corrected chi connectivity index (χ4v) is 3.96. The monoisotopic (exact) mass is 526 g/mol. The molecule has 0 spiro atoms. The van der Waals surface area contributed by atoms with Gasteiger partial charge in [0.15, 0.2) is 5.96 Å². The molecule has 0 bridgehead atoms. The fourth-order valence-electron chi connectivity index (χ4n) is 3.96. The van der Waals surface area contributed by atoms with E-state index in [4.69, 9.17) is 4.99 Å². The molecule has 2 heterocycles. The highest BCUT2D eigenvalue weighted by Crippen LogP contribution is 2.08. The van der Waals surface area contributed by atoms with Gasteiger partial charge in [0.1, 0.15) is 0 Å². The molecule has 0 saturated carbocycles. The molecule has 1 aromatic rings. The lowest BCUT2D eigenvalue weighted by Gasteiger charge is -2.38. The van der Waals surface area contributed by atoms with E-state index in [2.05, 4.69) is 88.4 Å². The number of piperazine rings is 2. The summed E-state index contributed by atoms with van der Waals surface area (Å²) >= 11 is 0. The molecule has 2 aliphatic rings. The molecular weight excluding hydrogens is 487 g/mol. The summed E-state index contributed by atoms with van der Waals surface area (Å²) < 4.78 is 0. The van der Waals surface area contributed by atoms with Crippen molar-refractivity contribution in [3.8, 4) is 0 Å². The molecule has 2 saturated heterocycles. The smallest absolute Gasteiger partial charge is 0.194 e. The van der Waals surface area contributed by atoms with Gasteiger partial charge in [-0.25, -0.2) is 0 Å². The van der Waals surface area contributed by atoms with Crippen molar-refractivity contribution < 1.29 is 0 Å². The van der Waals surface area contributed by atoms with Crippen LogP contribution in [0.4, 0.5) is 0 Å². The predicted octanol–water partition coefficient (Wildman–Crippen LogP) is 2.15. The molecule has 1 aromatic carbocycles. The number of nitrogens with zero attached hydrogens (tertiary/aromatic N) is 5. The van der Waals surface area contributed by atoms with Gasteiger partial charge in [-0.1, -0.05) is 42.5 Å². The van der Waals surface area contributed by atoms with Crippen LogP contribution in [-0.2, 0) is 0 Å². The van der Waals surface area contributed by atoms with E-state index in [0.29, 0.717) is 6.04 Å². The first-order valence-corrected chi connectivity index (χ1v) is 11.0. The number of aliphatic imine (C=N–C) groups is 1. The largest absolute Gasteiger partial charge is 0.357 e. The molecular formula is C23H39IN6. The summed E-state index contributed by atoms with van der Waals surface area (Å²) in [4.78, 5) is 14.8. The minimum Gasteiger partial charge on any atom is -0.357 e. The van der Waals surface area contributed by atoms with E-state index in [-0.39, 0.29) is 24.0 Å². The van der Waals surface area contributed by atoms with Crippen LogP contribution in [0.1, 0.15) is 12.5 Å². The lowest BCUT2D eigenvalue weighted by molar-refractivity contribution is 0.119. The van der Waals surface area contributed by atoms with Crippen LogP contribution in [-0.4, -0.2) is 111 Å². The SMILES string of the molecule is CCNC(=NCC1CN(C)CCN1C)N1CCN(C/C=C/c2ccccc2)CC1.I. The van der Waals surface area contributed by atoms with Crippen LogP contribution in [0.5, 0.6) is 0 Å². The maximum atomic E-state index is 5.00. The third-order valence-electron chi connectivity index (χ3n) is 5.91. The second-order valence-electron chi connectivity index (χ2n) is 8.19. The second-order valence-corrected chi connectivity index (χ2v) is 8.19. The molecule has 168 valence electrons. The molecule has 7 heteroatoms. The summed E-state index contributed by atoms with van der Waals surface area (Å²) in [6.07, 6.45) is 4.50. The Morgan fingerprint density at radius 2 is 1.80 bits per heavy atom.